The molecule has 1 atom stereocenters. The van der Waals surface area contributed by atoms with Crippen molar-refractivity contribution in [1.82, 2.24) is 19.8 Å². The number of ether oxygens (including phenoxy) is 1. The summed E-state index contributed by atoms with van der Waals surface area (Å²) in [4.78, 5) is 32.9. The number of primary amides is 1. The van der Waals surface area contributed by atoms with E-state index in [1.807, 2.05) is 79.7 Å². The molecule has 4 aromatic carbocycles. The van der Waals surface area contributed by atoms with Gasteiger partial charge in [-0.3, -0.25) is 4.79 Å². The molecule has 50 heavy (non-hydrogen) atoms. The van der Waals surface area contributed by atoms with Crippen molar-refractivity contribution in [2.75, 3.05) is 25.0 Å². The average molecular weight is 673 g/mol. The zero-order chi connectivity index (χ0) is 35.3. The maximum absolute atomic E-state index is 13.1. The van der Waals surface area contributed by atoms with E-state index in [1.54, 1.807) is 0 Å². The molecule has 6 rings (SSSR count). The number of rotatable bonds is 12. The molecule has 1 aliphatic heterocycles. The lowest BCUT2D eigenvalue weighted by molar-refractivity contribution is -0.118. The highest BCUT2D eigenvalue weighted by Crippen LogP contribution is 2.32. The Morgan fingerprint density at radius 3 is 2.38 bits per heavy atom. The molecule has 4 N–H and O–H groups in total. The smallest absolute Gasteiger partial charge is 0.319 e. The third-order valence-corrected chi connectivity index (χ3v) is 9.38. The summed E-state index contributed by atoms with van der Waals surface area (Å²) in [5.74, 6) is 1.83. The minimum atomic E-state index is -0.633. The van der Waals surface area contributed by atoms with Crippen molar-refractivity contribution in [1.29, 1.82) is 0 Å². The topological polar surface area (TPSA) is 115 Å². The van der Waals surface area contributed by atoms with E-state index in [9.17, 15) is 9.59 Å². The van der Waals surface area contributed by atoms with Crippen molar-refractivity contribution < 1.29 is 14.3 Å². The van der Waals surface area contributed by atoms with Gasteiger partial charge in [-0.15, -0.1) is 0 Å². The predicted molar refractivity (Wildman–Crippen MR) is 201 cm³/mol. The van der Waals surface area contributed by atoms with Gasteiger partial charge in [-0.25, -0.2) is 9.78 Å². The van der Waals surface area contributed by atoms with Gasteiger partial charge in [-0.05, 0) is 110 Å². The molecule has 5 aromatic rings. The lowest BCUT2D eigenvalue weighted by Gasteiger charge is -2.19. The van der Waals surface area contributed by atoms with Crippen LogP contribution in [0.3, 0.4) is 0 Å². The number of nitrogens with zero attached hydrogens (tertiary/aromatic N) is 3. The van der Waals surface area contributed by atoms with E-state index in [4.69, 9.17) is 15.5 Å². The van der Waals surface area contributed by atoms with Crippen LogP contribution in [0.5, 0.6) is 11.5 Å². The maximum atomic E-state index is 13.1. The van der Waals surface area contributed by atoms with Crippen LogP contribution in [-0.2, 0) is 16.8 Å². The number of nitrogens with one attached hydrogen (secondary N) is 2. The number of carbonyl (C=O) groups is 2. The number of hydrogen-bond donors (Lipinski definition) is 3. The molecular formula is C41H48N6O3. The number of benzene rings is 4. The highest BCUT2D eigenvalue weighted by molar-refractivity contribution is 5.91. The first kappa shape index (κ1) is 34.7. The Bertz CT molecular complexity index is 1950. The monoisotopic (exact) mass is 672 g/mol. The average Bonchev–Trinajstić information content (AvgIpc) is 3.73. The Balaban J connectivity index is 1.30. The second-order valence-electron chi connectivity index (χ2n) is 14.3. The number of aromatic nitrogens is 2. The van der Waals surface area contributed by atoms with E-state index in [-0.39, 0.29) is 11.8 Å². The van der Waals surface area contributed by atoms with Gasteiger partial charge in [0.15, 0.2) is 0 Å². The van der Waals surface area contributed by atoms with Gasteiger partial charge in [0.1, 0.15) is 17.3 Å². The Kier molecular flexibility index (Phi) is 10.5. The van der Waals surface area contributed by atoms with Crippen LogP contribution in [0.1, 0.15) is 69.2 Å². The molecule has 1 aromatic heterocycles. The van der Waals surface area contributed by atoms with Gasteiger partial charge >= 0.3 is 6.03 Å². The number of carbonyl (C=O) groups excluding carboxylic acids is 2. The number of fused-ring (bicyclic) bond motifs is 1. The number of para-hydroxylation sites is 1. The number of nitrogens with two attached hydrogens (primary N) is 1. The molecule has 9 heteroatoms. The summed E-state index contributed by atoms with van der Waals surface area (Å²) >= 11 is 0. The molecule has 2 heterocycles. The van der Waals surface area contributed by atoms with Gasteiger partial charge in [-0.2, -0.15) is 0 Å². The van der Waals surface area contributed by atoms with Crippen molar-refractivity contribution in [3.8, 4) is 22.9 Å². The molecule has 1 fully saturated rings. The van der Waals surface area contributed by atoms with Crippen molar-refractivity contribution in [3.05, 3.63) is 108 Å². The minimum absolute atomic E-state index is 0.0494. The summed E-state index contributed by atoms with van der Waals surface area (Å²) in [7, 11) is 0. The first-order chi connectivity index (χ1) is 24.0. The van der Waals surface area contributed by atoms with Crippen LogP contribution in [0.2, 0.25) is 0 Å². The molecule has 9 nitrogen and oxygen atoms in total. The van der Waals surface area contributed by atoms with E-state index >= 15 is 0 Å². The van der Waals surface area contributed by atoms with Crippen LogP contribution in [0.4, 0.5) is 10.5 Å². The van der Waals surface area contributed by atoms with Gasteiger partial charge < -0.3 is 30.6 Å². The number of anilines is 1. The molecule has 0 saturated carbocycles. The Labute approximate surface area is 294 Å². The van der Waals surface area contributed by atoms with E-state index in [0.29, 0.717) is 5.69 Å². The number of imidazole rings is 1. The molecule has 3 amide bonds. The number of aryl methyl sites for hydroxylation is 2. The van der Waals surface area contributed by atoms with Crippen LogP contribution in [-0.4, -0.2) is 46.0 Å². The largest absolute Gasteiger partial charge is 0.457 e. The fraction of sp³-hybridized carbons (Fsp3) is 0.341. The SMILES string of the molecule is Cc1ccccc1NC(=O)NC(CC(N)=O)c1ccc2c(c1)nc(-c1cccc(Oc3ccc(C(C)(C)C)cc3)c1)n2CCCN1CCCC1. The van der Waals surface area contributed by atoms with Crippen molar-refractivity contribution >= 4 is 28.7 Å². The summed E-state index contributed by atoms with van der Waals surface area (Å²) in [5.41, 5.74) is 12.1. The molecule has 1 unspecified atom stereocenters. The van der Waals surface area contributed by atoms with Gasteiger partial charge in [0.25, 0.3) is 0 Å². The highest BCUT2D eigenvalue weighted by atomic mass is 16.5. The Morgan fingerprint density at radius 1 is 0.900 bits per heavy atom. The van der Waals surface area contributed by atoms with E-state index in [2.05, 4.69) is 59.1 Å². The highest BCUT2D eigenvalue weighted by Gasteiger charge is 2.21. The van der Waals surface area contributed by atoms with Crippen molar-refractivity contribution in [2.24, 2.45) is 5.73 Å². The molecule has 0 aliphatic carbocycles. The van der Waals surface area contributed by atoms with Gasteiger partial charge in [0, 0.05) is 17.8 Å². The molecule has 0 bridgehead atoms. The van der Waals surface area contributed by atoms with E-state index in [1.165, 1.54) is 18.4 Å². The van der Waals surface area contributed by atoms with Gasteiger partial charge in [0.2, 0.25) is 5.91 Å². The fourth-order valence-electron chi connectivity index (χ4n) is 6.61. The third-order valence-electron chi connectivity index (χ3n) is 9.38. The summed E-state index contributed by atoms with van der Waals surface area (Å²) in [6.07, 6.45) is 3.46. The first-order valence-electron chi connectivity index (χ1n) is 17.6. The van der Waals surface area contributed by atoms with E-state index < -0.39 is 18.0 Å². The lowest BCUT2D eigenvalue weighted by atomic mass is 9.87. The standard InChI is InChI=1S/C41H48N6O3/c1-28-11-5-6-14-34(28)44-40(49)45-35(27-38(42)48)29-15-20-37-36(26-29)43-39(47(37)24-10-23-46-21-7-8-22-46)30-12-9-13-33(25-30)50-32-18-16-31(17-19-32)41(2,3)4/h5-6,9,11-20,25-26,35H,7-8,10,21-24,27H2,1-4H3,(H2,42,48)(H2,44,45,49). The Hall–Kier alpha value is -5.15. The number of urea groups is 1. The zero-order valence-corrected chi connectivity index (χ0v) is 29.5. The van der Waals surface area contributed by atoms with Crippen LogP contribution in [0.25, 0.3) is 22.4 Å². The normalized spacial score (nSPS) is 14.1. The molecule has 1 aliphatic rings. The molecule has 1 saturated heterocycles. The molecule has 260 valence electrons. The van der Waals surface area contributed by atoms with Crippen LogP contribution in [0, 0.1) is 6.92 Å². The van der Waals surface area contributed by atoms with Crippen molar-refractivity contribution in [3.63, 3.8) is 0 Å². The summed E-state index contributed by atoms with van der Waals surface area (Å²) in [6, 6.07) is 28.7. The lowest BCUT2D eigenvalue weighted by Crippen LogP contribution is -2.35. The second-order valence-corrected chi connectivity index (χ2v) is 14.3. The van der Waals surface area contributed by atoms with Crippen molar-refractivity contribution in [2.45, 2.75) is 71.4 Å². The van der Waals surface area contributed by atoms with Gasteiger partial charge in [-0.1, -0.05) is 69.3 Å². The maximum Gasteiger partial charge on any atom is 0.319 e. The molecule has 0 radical (unpaired) electrons. The van der Waals surface area contributed by atoms with E-state index in [0.717, 1.165) is 77.6 Å². The first-order valence-corrected chi connectivity index (χ1v) is 17.6. The molecular weight excluding hydrogens is 624 g/mol. The summed E-state index contributed by atoms with van der Waals surface area (Å²) < 4.78 is 8.58. The second kappa shape index (κ2) is 15.2. The summed E-state index contributed by atoms with van der Waals surface area (Å²) in [5, 5.41) is 5.85. The quantitative estimate of drug-likeness (QED) is 0.123. The number of hydrogen-bond acceptors (Lipinski definition) is 5. The van der Waals surface area contributed by atoms with Crippen LogP contribution < -0.4 is 21.1 Å². The van der Waals surface area contributed by atoms with Crippen LogP contribution in [0.15, 0.2) is 91.0 Å². The van der Waals surface area contributed by atoms with Crippen LogP contribution >= 0.6 is 0 Å². The minimum Gasteiger partial charge on any atom is -0.457 e. The third kappa shape index (κ3) is 8.52. The summed E-state index contributed by atoms with van der Waals surface area (Å²) in [6.45, 7) is 12.7. The number of likely N-dealkylation sites (tertiary alicyclic amines) is 1. The predicted octanol–water partition coefficient (Wildman–Crippen LogP) is 8.33. The zero-order valence-electron chi connectivity index (χ0n) is 29.5. The Morgan fingerprint density at radius 2 is 1.66 bits per heavy atom. The fourth-order valence-corrected chi connectivity index (χ4v) is 6.61. The number of amides is 3. The van der Waals surface area contributed by atoms with Gasteiger partial charge in [0.05, 0.1) is 23.5 Å². The molecule has 0 spiro atoms.